The van der Waals surface area contributed by atoms with Gasteiger partial charge in [0.25, 0.3) is 0 Å². The van der Waals surface area contributed by atoms with E-state index in [2.05, 4.69) is 52.1 Å². The minimum absolute atomic E-state index is 0.00529. The molecule has 12 N–H and O–H groups in total. The van der Waals surface area contributed by atoms with Gasteiger partial charge in [-0.1, -0.05) is 79.4 Å². The van der Waals surface area contributed by atoms with Crippen molar-refractivity contribution in [1.29, 1.82) is 0 Å². The summed E-state index contributed by atoms with van der Waals surface area (Å²) in [6.07, 6.45) is -2.24. The Hall–Kier alpha value is -9.74. The summed E-state index contributed by atoms with van der Waals surface area (Å²) in [5.41, 5.74) is 10.8. The minimum atomic E-state index is -4.30. The lowest BCUT2D eigenvalue weighted by Gasteiger charge is -2.34. The number of benzene rings is 8. The van der Waals surface area contributed by atoms with Crippen LogP contribution in [0.1, 0.15) is 29.2 Å². The van der Waals surface area contributed by atoms with Crippen molar-refractivity contribution in [2.75, 3.05) is 61.1 Å². The summed E-state index contributed by atoms with van der Waals surface area (Å²) in [5, 5.41) is 74.1. The lowest BCUT2D eigenvalue weighted by molar-refractivity contribution is -0.138. The van der Waals surface area contributed by atoms with E-state index in [4.69, 9.17) is 19.9 Å². The van der Waals surface area contributed by atoms with Crippen molar-refractivity contribution in [3.05, 3.63) is 204 Å². The zero-order chi connectivity index (χ0) is 59.9. The number of nitrogens with two attached hydrogens (primary N) is 1. The first kappa shape index (κ1) is 58.9. The Morgan fingerprint density at radius 3 is 1.40 bits per heavy atom. The molecule has 22 heteroatoms. The molecular formula is C62H59N5O15S2. The molecule has 1 aliphatic rings. The summed E-state index contributed by atoms with van der Waals surface area (Å²) in [4.78, 5) is 23.3. The second kappa shape index (κ2) is 24.8. The predicted octanol–water partition coefficient (Wildman–Crippen LogP) is 8.06. The number of carbonyl (C=O) groups excluding carboxylic acids is 2. The number of aliphatic hydroxyl groups is 2. The average Bonchev–Trinajstić information content (AvgIpc) is 1.56. The number of sulfone groups is 2. The van der Waals surface area contributed by atoms with Crippen LogP contribution in [0.4, 0.5) is 27.5 Å². The van der Waals surface area contributed by atoms with Crippen molar-refractivity contribution in [1.82, 2.24) is 5.32 Å². The molecule has 0 heterocycles. The molecule has 2 atom stereocenters. The van der Waals surface area contributed by atoms with Crippen molar-refractivity contribution in [3.8, 4) is 45.6 Å². The van der Waals surface area contributed by atoms with Gasteiger partial charge >= 0.3 is 12.0 Å². The van der Waals surface area contributed by atoms with E-state index in [1.54, 1.807) is 12.1 Å². The molecule has 0 saturated heterocycles. The maximum Gasteiger partial charge on any atom is 0.333 e. The normalized spacial score (nSPS) is 13.1. The largest absolute Gasteiger partial charge is 0.506 e. The summed E-state index contributed by atoms with van der Waals surface area (Å²) >= 11 is 0. The molecule has 0 saturated carbocycles. The monoisotopic (exact) mass is 1180 g/mol. The van der Waals surface area contributed by atoms with Crippen molar-refractivity contribution in [2.45, 2.75) is 44.1 Å². The fourth-order valence-electron chi connectivity index (χ4n) is 9.58. The van der Waals surface area contributed by atoms with Crippen molar-refractivity contribution in [3.63, 3.8) is 0 Å². The highest BCUT2D eigenvalue weighted by Gasteiger charge is 2.46. The number of rotatable bonds is 23. The molecule has 84 heavy (non-hydrogen) atoms. The molecule has 0 spiro atoms. The first-order chi connectivity index (χ1) is 40.2. The third kappa shape index (κ3) is 12.5. The van der Waals surface area contributed by atoms with E-state index in [1.165, 1.54) is 55.5 Å². The van der Waals surface area contributed by atoms with Crippen LogP contribution in [0, 0.1) is 0 Å². The van der Waals surface area contributed by atoms with E-state index < -0.39 is 55.0 Å². The lowest BCUT2D eigenvalue weighted by Crippen LogP contribution is -2.32. The van der Waals surface area contributed by atoms with Gasteiger partial charge in [0, 0.05) is 18.7 Å². The van der Waals surface area contributed by atoms with Gasteiger partial charge in [-0.15, -0.1) is 0 Å². The second-order valence-corrected chi connectivity index (χ2v) is 23.5. The van der Waals surface area contributed by atoms with Gasteiger partial charge in [-0.2, -0.15) is 0 Å². The molecule has 0 aromatic heterocycles. The number of aromatic hydroxyl groups is 4. The molecule has 0 fully saturated rings. The number of esters is 1. The Kier molecular flexibility index (Phi) is 17.4. The Morgan fingerprint density at radius 2 is 0.964 bits per heavy atom. The van der Waals surface area contributed by atoms with Crippen LogP contribution >= 0.6 is 0 Å². The van der Waals surface area contributed by atoms with E-state index in [0.29, 0.717) is 11.5 Å². The molecule has 20 nitrogen and oxygen atoms in total. The van der Waals surface area contributed by atoms with E-state index in [1.807, 2.05) is 60.7 Å². The van der Waals surface area contributed by atoms with Crippen LogP contribution < -0.4 is 36.5 Å². The molecule has 2 amide bonds. The number of fused-ring (bicyclic) bond motifs is 3. The van der Waals surface area contributed by atoms with E-state index in [9.17, 15) is 57.1 Å². The van der Waals surface area contributed by atoms with Crippen molar-refractivity contribution >= 4 is 54.4 Å². The summed E-state index contributed by atoms with van der Waals surface area (Å²) in [5.74, 6) is -0.958. The van der Waals surface area contributed by atoms with E-state index in [0.717, 1.165) is 57.6 Å². The first-order valence-corrected chi connectivity index (χ1v) is 29.1. The number of urea groups is 1. The van der Waals surface area contributed by atoms with Gasteiger partial charge in [0.2, 0.25) is 19.7 Å². The fraction of sp³-hybridized carbons (Fsp3) is 0.161. The van der Waals surface area contributed by atoms with Crippen LogP contribution in [0.5, 0.6) is 34.5 Å². The standard InChI is InChI=1S/C62H59N5O15S2/c1-37(2)60(74)80-28-27-64-61(75)67-55-32-47(22-26-59(55)73)84(78,79)46-21-25-58(72)54(31-46)66-34-41(69)36-82-43-17-13-39(14-18-43)62(50-9-5-3-7-48(50)49-8-4-6-10-51(49)62)38-11-15-42(16-12-38)81-35-40(68)33-65-53-30-45(20-24-57(53)71)83(76,77)44-19-23-56(70)52(63)29-44/h3-26,29-32,40-41,65-66,68-73H,1,27-28,33-36,63H2,2H3,(H2,64,67,75). The Labute approximate surface area is 483 Å². The van der Waals surface area contributed by atoms with Gasteiger partial charge in [0.1, 0.15) is 66.5 Å². The maximum absolute atomic E-state index is 13.8. The number of ether oxygens (including phenoxy) is 3. The number of hydrogen-bond acceptors (Lipinski definition) is 18. The summed E-state index contributed by atoms with van der Waals surface area (Å²) < 4.78 is 71.3. The quantitative estimate of drug-likeness (QED) is 0.00948. The van der Waals surface area contributed by atoms with Crippen LogP contribution in [-0.2, 0) is 34.6 Å². The van der Waals surface area contributed by atoms with Crippen molar-refractivity contribution in [2.24, 2.45) is 0 Å². The van der Waals surface area contributed by atoms with Crippen LogP contribution in [0.25, 0.3) is 11.1 Å². The summed E-state index contributed by atoms with van der Waals surface area (Å²) in [6, 6.07) is 44.6. The smallest absolute Gasteiger partial charge is 0.333 e. The van der Waals surface area contributed by atoms with E-state index >= 15 is 0 Å². The Bertz CT molecular complexity index is 3970. The number of phenolic OH excluding ortho intramolecular Hbond substituents is 4. The number of phenols is 4. The number of nitrogen functional groups attached to an aromatic ring is 1. The molecule has 2 unspecified atom stereocenters. The molecule has 8 aromatic rings. The van der Waals surface area contributed by atoms with E-state index in [-0.39, 0.29) is 105 Å². The van der Waals surface area contributed by atoms with Crippen LogP contribution in [0.15, 0.2) is 202 Å². The topological polar surface area (TPSA) is 326 Å². The highest BCUT2D eigenvalue weighted by Crippen LogP contribution is 2.56. The number of hydrogen-bond donors (Lipinski definition) is 11. The van der Waals surface area contributed by atoms with Gasteiger partial charge in [-0.05, 0) is 137 Å². The molecule has 434 valence electrons. The number of carbonyl (C=O) groups is 2. The number of aliphatic hydroxyl groups excluding tert-OH is 2. The number of amides is 2. The van der Waals surface area contributed by atoms with Gasteiger partial charge in [-0.25, -0.2) is 26.4 Å². The number of nitrogens with one attached hydrogen (secondary N) is 4. The molecule has 0 radical (unpaired) electrons. The van der Waals surface area contributed by atoms with Crippen LogP contribution in [-0.4, -0.2) is 111 Å². The van der Waals surface area contributed by atoms with Crippen LogP contribution in [0.3, 0.4) is 0 Å². The zero-order valence-corrected chi connectivity index (χ0v) is 46.7. The second-order valence-electron chi connectivity index (χ2n) is 19.6. The van der Waals surface area contributed by atoms with Gasteiger partial charge in [0.15, 0.2) is 0 Å². The molecular weight excluding hydrogens is 1120 g/mol. The predicted molar refractivity (Wildman–Crippen MR) is 314 cm³/mol. The van der Waals surface area contributed by atoms with Gasteiger partial charge < -0.3 is 71.9 Å². The SMILES string of the molecule is C=C(C)C(=O)OCCNC(=O)Nc1cc(S(=O)(=O)c2ccc(O)c(NCC(O)COc3ccc(C4(c5ccc(OCC(O)CNc6cc(S(=O)(=O)c7ccc(O)c(N)c7)ccc6O)cc5)c5ccccc5-c5ccccc54)cc3)c2)ccc1O. The Morgan fingerprint density at radius 1 is 0.560 bits per heavy atom. The lowest BCUT2D eigenvalue weighted by atomic mass is 9.68. The third-order valence-electron chi connectivity index (χ3n) is 13.8. The summed E-state index contributed by atoms with van der Waals surface area (Å²) in [7, 11) is -8.38. The van der Waals surface area contributed by atoms with Gasteiger partial charge in [0.05, 0.1) is 54.3 Å². The third-order valence-corrected chi connectivity index (χ3v) is 17.3. The minimum Gasteiger partial charge on any atom is -0.506 e. The van der Waals surface area contributed by atoms with Crippen LogP contribution in [0.2, 0.25) is 0 Å². The molecule has 8 aromatic carbocycles. The average molecular weight is 1180 g/mol. The van der Waals surface area contributed by atoms with Gasteiger partial charge in [-0.3, -0.25) is 0 Å². The molecule has 1 aliphatic carbocycles. The highest BCUT2D eigenvalue weighted by molar-refractivity contribution is 7.91. The fourth-order valence-corrected chi connectivity index (χ4v) is 12.2. The zero-order valence-electron chi connectivity index (χ0n) is 45.0. The molecule has 0 bridgehead atoms. The molecule has 9 rings (SSSR count). The number of anilines is 4. The summed E-state index contributed by atoms with van der Waals surface area (Å²) in [6.45, 7) is 4.09. The first-order valence-electron chi connectivity index (χ1n) is 26.1. The van der Waals surface area contributed by atoms with Crippen molar-refractivity contribution < 1.29 is 71.3 Å². The maximum atomic E-state index is 13.8. The highest BCUT2D eigenvalue weighted by atomic mass is 32.2. The Balaban J connectivity index is 0.838. The molecule has 0 aliphatic heterocycles.